The lowest BCUT2D eigenvalue weighted by Gasteiger charge is -2.32. The first-order valence-corrected chi connectivity index (χ1v) is 8.27. The average molecular weight is 322 g/mol. The van der Waals surface area contributed by atoms with Crippen molar-refractivity contribution in [2.75, 3.05) is 0 Å². The van der Waals surface area contributed by atoms with Crippen molar-refractivity contribution in [1.29, 1.82) is 0 Å². The summed E-state index contributed by atoms with van der Waals surface area (Å²) in [4.78, 5) is 24.4. The van der Waals surface area contributed by atoms with Gasteiger partial charge in [0.15, 0.2) is 0 Å². The fraction of sp³-hybridized carbons (Fsp3) is 0.333. The van der Waals surface area contributed by atoms with Gasteiger partial charge in [0, 0.05) is 16.7 Å². The van der Waals surface area contributed by atoms with Crippen LogP contribution in [0, 0.1) is 0 Å². The molecule has 0 unspecified atom stereocenters. The van der Waals surface area contributed by atoms with Gasteiger partial charge >= 0.3 is 0 Å². The van der Waals surface area contributed by atoms with Crippen LogP contribution in [0.3, 0.4) is 0 Å². The maximum atomic E-state index is 12.4. The van der Waals surface area contributed by atoms with Crippen molar-refractivity contribution in [1.82, 2.24) is 0 Å². The van der Waals surface area contributed by atoms with Gasteiger partial charge in [-0.1, -0.05) is 23.8 Å². The topological polar surface area (TPSA) is 43.4 Å². The lowest BCUT2D eigenvalue weighted by Crippen LogP contribution is -2.32. The zero-order valence-electron chi connectivity index (χ0n) is 14.6. The van der Waals surface area contributed by atoms with Crippen LogP contribution in [-0.2, 0) is 4.79 Å². The Kier molecular flexibility index (Phi) is 4.04. The van der Waals surface area contributed by atoms with Crippen molar-refractivity contribution < 1.29 is 14.3 Å². The number of ether oxygens (including phenoxy) is 1. The summed E-state index contributed by atoms with van der Waals surface area (Å²) < 4.78 is 6.18. The Morgan fingerprint density at radius 1 is 1.21 bits per heavy atom. The van der Waals surface area contributed by atoms with Gasteiger partial charge in [-0.2, -0.15) is 0 Å². The zero-order valence-corrected chi connectivity index (χ0v) is 14.6. The van der Waals surface area contributed by atoms with Crippen molar-refractivity contribution in [3.8, 4) is 5.75 Å². The third-order valence-electron chi connectivity index (χ3n) is 4.54. The summed E-state index contributed by atoms with van der Waals surface area (Å²) in [5, 5.41) is 0. The Morgan fingerprint density at radius 2 is 1.96 bits per heavy atom. The predicted molar refractivity (Wildman–Crippen MR) is 96.2 cm³/mol. The molecule has 124 valence electrons. The number of benzene rings is 1. The molecule has 3 rings (SSSR count). The zero-order chi connectivity index (χ0) is 17.5. The van der Waals surface area contributed by atoms with Gasteiger partial charge in [0.1, 0.15) is 11.4 Å². The van der Waals surface area contributed by atoms with E-state index in [0.717, 1.165) is 18.4 Å². The summed E-state index contributed by atoms with van der Waals surface area (Å²) >= 11 is 0. The van der Waals surface area contributed by atoms with E-state index in [1.165, 1.54) is 5.57 Å². The highest BCUT2D eigenvalue weighted by Crippen LogP contribution is 2.38. The van der Waals surface area contributed by atoms with Gasteiger partial charge in [-0.25, -0.2) is 0 Å². The van der Waals surface area contributed by atoms with E-state index < -0.39 is 17.2 Å². The largest absolute Gasteiger partial charge is 0.483 e. The monoisotopic (exact) mass is 322 g/mol. The normalized spacial score (nSPS) is 21.6. The first-order valence-electron chi connectivity index (χ1n) is 8.27. The van der Waals surface area contributed by atoms with Crippen molar-refractivity contribution in [3.05, 3.63) is 52.1 Å². The molecule has 0 fully saturated rings. The minimum Gasteiger partial charge on any atom is -0.483 e. The van der Waals surface area contributed by atoms with Crippen LogP contribution in [0.2, 0.25) is 0 Å². The molecule has 0 saturated carbocycles. The van der Waals surface area contributed by atoms with Gasteiger partial charge in [-0.15, -0.1) is 0 Å². The molecule has 2 aliphatic rings. The Bertz CT molecular complexity index is 820. The molecule has 0 amide bonds. The number of ketones is 2. The lowest BCUT2D eigenvalue weighted by atomic mass is 9.85. The number of Topliss-reactive ketones (excluding diaryl/α,β-unsaturated/α-hetero) is 2. The Balaban J connectivity index is 1.96. The molecule has 1 aromatic carbocycles. The first kappa shape index (κ1) is 16.4. The molecule has 0 saturated heterocycles. The van der Waals surface area contributed by atoms with Gasteiger partial charge in [0.2, 0.25) is 11.6 Å². The van der Waals surface area contributed by atoms with Crippen LogP contribution in [-0.4, -0.2) is 17.2 Å². The van der Waals surface area contributed by atoms with E-state index in [9.17, 15) is 9.59 Å². The molecule has 1 atom stereocenters. The summed E-state index contributed by atoms with van der Waals surface area (Å²) in [5.41, 5.74) is 3.34. The Hall–Kier alpha value is -2.42. The minimum absolute atomic E-state index is 0.402. The molecule has 0 aromatic heterocycles. The van der Waals surface area contributed by atoms with E-state index in [1.807, 2.05) is 31.2 Å². The van der Waals surface area contributed by atoms with E-state index in [4.69, 9.17) is 4.74 Å². The molecule has 0 radical (unpaired) electrons. The predicted octanol–water partition coefficient (Wildman–Crippen LogP) is 4.77. The minimum atomic E-state index is -0.441. The summed E-state index contributed by atoms with van der Waals surface area (Å²) in [6.45, 7) is 7.89. The third kappa shape index (κ3) is 2.86. The molecule has 3 nitrogen and oxygen atoms in total. The molecule has 1 aromatic rings. The molecule has 0 bridgehead atoms. The van der Waals surface area contributed by atoms with Gasteiger partial charge in [-0.3, -0.25) is 9.59 Å². The highest BCUT2D eigenvalue weighted by molar-refractivity contribution is 6.52. The van der Waals surface area contributed by atoms with Crippen molar-refractivity contribution >= 4 is 23.7 Å². The van der Waals surface area contributed by atoms with Gasteiger partial charge in [-0.05, 0) is 64.3 Å². The number of allylic oxidation sites excluding steroid dienone is 3. The van der Waals surface area contributed by atoms with E-state index in [2.05, 4.69) is 19.9 Å². The standard InChI is InChI=1S/C21H22O3/c1-13(2)6-5-10-21(4)11-9-16-17(24-21)8-7-15-12-14(3)19(22)20(23)18(15)16/h6-9,11-12H,5,10H2,1-4H3/t21-/m1/s1. The van der Waals surface area contributed by atoms with Crippen molar-refractivity contribution in [3.63, 3.8) is 0 Å². The maximum absolute atomic E-state index is 12.4. The smallest absolute Gasteiger partial charge is 0.234 e. The third-order valence-corrected chi connectivity index (χ3v) is 4.54. The van der Waals surface area contributed by atoms with Crippen LogP contribution in [0.4, 0.5) is 0 Å². The van der Waals surface area contributed by atoms with E-state index in [1.54, 1.807) is 13.0 Å². The molecule has 1 aliphatic heterocycles. The van der Waals surface area contributed by atoms with Crippen molar-refractivity contribution in [2.45, 2.75) is 46.1 Å². The van der Waals surface area contributed by atoms with Crippen LogP contribution in [0.15, 0.2) is 35.4 Å². The summed E-state index contributed by atoms with van der Waals surface area (Å²) in [5.74, 6) is -0.200. The number of fused-ring (bicyclic) bond motifs is 3. The maximum Gasteiger partial charge on any atom is 0.234 e. The SMILES string of the molecule is CC(C)=CCC[C@]1(C)C=Cc2c(ccc3c2C(=O)C(=O)C(C)=C3)O1. The fourth-order valence-corrected chi connectivity index (χ4v) is 3.16. The van der Waals surface area contributed by atoms with Crippen LogP contribution in [0.5, 0.6) is 5.75 Å². The van der Waals surface area contributed by atoms with Gasteiger partial charge in [0.25, 0.3) is 0 Å². The second-order valence-corrected chi connectivity index (χ2v) is 7.00. The van der Waals surface area contributed by atoms with Crippen LogP contribution < -0.4 is 4.74 Å². The van der Waals surface area contributed by atoms with E-state index in [0.29, 0.717) is 22.4 Å². The van der Waals surface area contributed by atoms with E-state index >= 15 is 0 Å². The molecule has 1 heterocycles. The first-order chi connectivity index (χ1) is 11.3. The second-order valence-electron chi connectivity index (χ2n) is 7.00. The molecule has 3 heteroatoms. The Morgan fingerprint density at radius 3 is 2.67 bits per heavy atom. The number of hydrogen-bond donors (Lipinski definition) is 0. The van der Waals surface area contributed by atoms with E-state index in [-0.39, 0.29) is 0 Å². The second kappa shape index (κ2) is 5.90. The summed E-state index contributed by atoms with van der Waals surface area (Å²) in [6, 6.07) is 3.75. The highest BCUT2D eigenvalue weighted by Gasteiger charge is 2.33. The Labute approximate surface area is 142 Å². The van der Waals surface area contributed by atoms with Gasteiger partial charge in [0.05, 0.1) is 0 Å². The number of carbonyl (C=O) groups excluding carboxylic acids is 2. The average Bonchev–Trinajstić information content (AvgIpc) is 2.51. The number of rotatable bonds is 3. The number of carbonyl (C=O) groups is 2. The van der Waals surface area contributed by atoms with Crippen molar-refractivity contribution in [2.24, 2.45) is 0 Å². The summed E-state index contributed by atoms with van der Waals surface area (Å²) in [7, 11) is 0. The molecular formula is C21H22O3. The molecular weight excluding hydrogens is 300 g/mol. The quantitative estimate of drug-likeness (QED) is 0.595. The van der Waals surface area contributed by atoms with Gasteiger partial charge < -0.3 is 4.74 Å². The highest BCUT2D eigenvalue weighted by atomic mass is 16.5. The van der Waals surface area contributed by atoms with Crippen LogP contribution in [0.1, 0.15) is 62.0 Å². The number of hydrogen-bond acceptors (Lipinski definition) is 3. The molecule has 1 aliphatic carbocycles. The van der Waals surface area contributed by atoms with Crippen LogP contribution in [0.25, 0.3) is 12.2 Å². The lowest BCUT2D eigenvalue weighted by molar-refractivity contribution is -0.111. The molecule has 0 spiro atoms. The molecule has 24 heavy (non-hydrogen) atoms. The summed E-state index contributed by atoms with van der Waals surface area (Å²) in [6.07, 6.45) is 9.69. The fourth-order valence-electron chi connectivity index (χ4n) is 3.16. The molecule has 0 N–H and O–H groups in total. The van der Waals surface area contributed by atoms with Crippen LogP contribution >= 0.6 is 0 Å².